The predicted molar refractivity (Wildman–Crippen MR) is 102 cm³/mol. The van der Waals surface area contributed by atoms with Gasteiger partial charge in [0.25, 0.3) is 0 Å². The van der Waals surface area contributed by atoms with Crippen molar-refractivity contribution in [1.29, 1.82) is 0 Å². The third-order valence-electron chi connectivity index (χ3n) is 7.54. The van der Waals surface area contributed by atoms with Crippen molar-refractivity contribution in [1.82, 2.24) is 15.5 Å². The molecular formula is C21H33N3O4. The van der Waals surface area contributed by atoms with E-state index in [0.29, 0.717) is 31.2 Å². The van der Waals surface area contributed by atoms with Crippen LogP contribution in [0.25, 0.3) is 0 Å². The second kappa shape index (κ2) is 7.48. The molecule has 6 rings (SSSR count). The summed E-state index contributed by atoms with van der Waals surface area (Å²) in [6, 6.07) is 0.0313. The van der Waals surface area contributed by atoms with Gasteiger partial charge in [0.15, 0.2) is 0 Å². The van der Waals surface area contributed by atoms with Gasteiger partial charge in [-0.3, -0.25) is 4.79 Å². The van der Waals surface area contributed by atoms with E-state index in [1.54, 1.807) is 0 Å². The molecule has 0 aromatic rings. The minimum absolute atomic E-state index is 0.101. The maximum atomic E-state index is 12.7. The highest BCUT2D eigenvalue weighted by atomic mass is 16.5. The Morgan fingerprint density at radius 3 is 2.25 bits per heavy atom. The van der Waals surface area contributed by atoms with Gasteiger partial charge in [-0.15, -0.1) is 0 Å². The maximum Gasteiger partial charge on any atom is 0.317 e. The molecule has 0 aromatic heterocycles. The molecule has 4 bridgehead atoms. The minimum Gasteiger partial charge on any atom is -0.381 e. The number of carbonyl (C=O) groups excluding carboxylic acids is 2. The number of piperidine rings is 1. The maximum absolute atomic E-state index is 12.7. The predicted octanol–water partition coefficient (Wildman–Crippen LogP) is 2.01. The van der Waals surface area contributed by atoms with Crippen molar-refractivity contribution in [3.8, 4) is 0 Å². The smallest absolute Gasteiger partial charge is 0.317 e. The SMILES string of the molecule is O=C(NC1CCN(C(=O)C2CCOCC2)CC1)NC12CC3CC(CC(C3)O1)C2. The van der Waals surface area contributed by atoms with Crippen molar-refractivity contribution in [3.05, 3.63) is 0 Å². The highest BCUT2D eigenvalue weighted by molar-refractivity contribution is 5.79. The highest BCUT2D eigenvalue weighted by Gasteiger charge is 2.53. The summed E-state index contributed by atoms with van der Waals surface area (Å²) < 4.78 is 11.6. The van der Waals surface area contributed by atoms with Gasteiger partial charge in [0.1, 0.15) is 5.72 Å². The van der Waals surface area contributed by atoms with Crippen LogP contribution in [0.5, 0.6) is 0 Å². The Kier molecular flexibility index (Phi) is 4.99. The lowest BCUT2D eigenvalue weighted by atomic mass is 9.65. The van der Waals surface area contributed by atoms with E-state index in [-0.39, 0.29) is 23.9 Å². The Morgan fingerprint density at radius 1 is 0.929 bits per heavy atom. The number of ether oxygens (including phenoxy) is 2. The largest absolute Gasteiger partial charge is 0.381 e. The van der Waals surface area contributed by atoms with Crippen molar-refractivity contribution >= 4 is 11.9 Å². The topological polar surface area (TPSA) is 79.9 Å². The normalized spacial score (nSPS) is 38.4. The van der Waals surface area contributed by atoms with Crippen LogP contribution in [-0.2, 0) is 14.3 Å². The van der Waals surface area contributed by atoms with Gasteiger partial charge in [0.05, 0.1) is 6.10 Å². The van der Waals surface area contributed by atoms with E-state index in [0.717, 1.165) is 51.6 Å². The van der Waals surface area contributed by atoms with Gasteiger partial charge >= 0.3 is 6.03 Å². The van der Waals surface area contributed by atoms with Crippen molar-refractivity contribution in [2.75, 3.05) is 26.3 Å². The van der Waals surface area contributed by atoms with Crippen molar-refractivity contribution in [3.63, 3.8) is 0 Å². The van der Waals surface area contributed by atoms with Crippen LogP contribution < -0.4 is 10.6 Å². The second-order valence-corrected chi connectivity index (χ2v) is 9.67. The molecule has 2 aliphatic carbocycles. The zero-order valence-electron chi connectivity index (χ0n) is 16.7. The number of nitrogens with zero attached hydrogens (tertiary/aromatic N) is 1. The summed E-state index contributed by atoms with van der Waals surface area (Å²) >= 11 is 0. The molecule has 0 spiro atoms. The number of hydrogen-bond acceptors (Lipinski definition) is 4. The Balaban J connectivity index is 1.09. The molecule has 156 valence electrons. The fourth-order valence-electron chi connectivity index (χ4n) is 6.37. The summed E-state index contributed by atoms with van der Waals surface area (Å²) in [6.45, 7) is 2.85. The highest BCUT2D eigenvalue weighted by Crippen LogP contribution is 2.51. The number of likely N-dealkylation sites (tertiary alicyclic amines) is 1. The first-order valence-electron chi connectivity index (χ1n) is 11.2. The quantitative estimate of drug-likeness (QED) is 0.771. The third-order valence-corrected chi connectivity index (χ3v) is 7.54. The van der Waals surface area contributed by atoms with Crippen LogP contribution in [0.1, 0.15) is 57.8 Å². The molecule has 6 aliphatic rings. The van der Waals surface area contributed by atoms with E-state index in [1.807, 2.05) is 4.90 Å². The van der Waals surface area contributed by atoms with Crippen LogP contribution in [0.2, 0.25) is 0 Å². The molecule has 3 amide bonds. The molecule has 2 atom stereocenters. The second-order valence-electron chi connectivity index (χ2n) is 9.67. The van der Waals surface area contributed by atoms with E-state index < -0.39 is 5.72 Å². The number of amides is 3. The van der Waals surface area contributed by atoms with E-state index in [9.17, 15) is 9.59 Å². The fourth-order valence-corrected chi connectivity index (χ4v) is 6.37. The number of urea groups is 1. The Morgan fingerprint density at radius 2 is 1.61 bits per heavy atom. The summed E-state index contributed by atoms with van der Waals surface area (Å²) in [7, 11) is 0. The van der Waals surface area contributed by atoms with Crippen LogP contribution in [0.3, 0.4) is 0 Å². The van der Waals surface area contributed by atoms with Crippen LogP contribution in [0.15, 0.2) is 0 Å². The monoisotopic (exact) mass is 391 g/mol. The van der Waals surface area contributed by atoms with E-state index in [4.69, 9.17) is 9.47 Å². The lowest BCUT2D eigenvalue weighted by molar-refractivity contribution is -0.228. The Bertz CT molecular complexity index is 575. The molecule has 4 aliphatic heterocycles. The average Bonchev–Trinajstić information content (AvgIpc) is 2.67. The van der Waals surface area contributed by atoms with Gasteiger partial charge in [-0.25, -0.2) is 4.79 Å². The number of hydrogen-bond donors (Lipinski definition) is 2. The van der Waals surface area contributed by atoms with Gasteiger partial charge < -0.3 is 25.0 Å². The molecule has 0 radical (unpaired) electrons. The molecule has 7 nitrogen and oxygen atoms in total. The van der Waals surface area contributed by atoms with Crippen LogP contribution in [0, 0.1) is 17.8 Å². The third kappa shape index (κ3) is 3.75. The average molecular weight is 392 g/mol. The fraction of sp³-hybridized carbons (Fsp3) is 0.905. The summed E-state index contributed by atoms with van der Waals surface area (Å²) in [5.41, 5.74) is -0.432. The standard InChI is InChI=1S/C21H33N3O4/c25-19(16-3-7-27-8-4-16)24-5-1-17(2-6-24)22-20(26)23-21-12-14-9-15(13-21)11-18(10-14)28-21/h14-18H,1-13H2,(H2,22,23,26). The molecule has 4 heterocycles. The zero-order chi connectivity index (χ0) is 19.1. The van der Waals surface area contributed by atoms with Crippen molar-refractivity contribution in [2.24, 2.45) is 17.8 Å². The molecule has 28 heavy (non-hydrogen) atoms. The molecule has 0 aromatic carbocycles. The molecule has 2 unspecified atom stereocenters. The molecule has 2 N–H and O–H groups in total. The summed E-state index contributed by atoms with van der Waals surface area (Å²) in [6.07, 6.45) is 9.23. The van der Waals surface area contributed by atoms with E-state index in [1.165, 1.54) is 19.3 Å². The van der Waals surface area contributed by atoms with E-state index in [2.05, 4.69) is 10.6 Å². The number of carbonyl (C=O) groups is 2. The van der Waals surface area contributed by atoms with Gasteiger partial charge in [0.2, 0.25) is 5.91 Å². The lowest BCUT2D eigenvalue weighted by Gasteiger charge is -2.56. The van der Waals surface area contributed by atoms with Gasteiger partial charge in [-0.1, -0.05) is 0 Å². The first-order valence-corrected chi connectivity index (χ1v) is 11.2. The summed E-state index contributed by atoms with van der Waals surface area (Å²) in [4.78, 5) is 27.3. The van der Waals surface area contributed by atoms with Crippen LogP contribution >= 0.6 is 0 Å². The van der Waals surface area contributed by atoms with Gasteiger partial charge in [-0.05, 0) is 69.6 Å². The molecular weight excluding hydrogens is 358 g/mol. The number of nitrogens with one attached hydrogen (secondary N) is 2. The molecule has 7 heteroatoms. The van der Waals surface area contributed by atoms with Crippen molar-refractivity contribution < 1.29 is 19.1 Å². The first-order chi connectivity index (χ1) is 13.6. The molecule has 6 fully saturated rings. The lowest BCUT2D eigenvalue weighted by Crippen LogP contribution is -2.65. The molecule has 2 saturated carbocycles. The summed E-state index contributed by atoms with van der Waals surface area (Å²) in [5, 5.41) is 6.34. The van der Waals surface area contributed by atoms with Crippen LogP contribution in [-0.4, -0.2) is 61.0 Å². The number of rotatable bonds is 3. The van der Waals surface area contributed by atoms with E-state index >= 15 is 0 Å². The van der Waals surface area contributed by atoms with Gasteiger partial charge in [0, 0.05) is 38.3 Å². The zero-order valence-corrected chi connectivity index (χ0v) is 16.7. The Hall–Kier alpha value is -1.34. The summed E-state index contributed by atoms with van der Waals surface area (Å²) in [5.74, 6) is 1.82. The molecule has 4 saturated heterocycles. The first kappa shape index (κ1) is 18.7. The minimum atomic E-state index is -0.432. The van der Waals surface area contributed by atoms with Gasteiger partial charge in [-0.2, -0.15) is 0 Å². The van der Waals surface area contributed by atoms with Crippen LogP contribution in [0.4, 0.5) is 4.79 Å². The Labute approximate surface area is 166 Å². The van der Waals surface area contributed by atoms with Crippen molar-refractivity contribution in [2.45, 2.75) is 75.7 Å².